The molecular weight excluding hydrogens is 222 g/mol. The summed E-state index contributed by atoms with van der Waals surface area (Å²) in [5, 5.41) is 0. The van der Waals surface area contributed by atoms with Crippen molar-refractivity contribution in [2.75, 3.05) is 19.6 Å². The van der Waals surface area contributed by atoms with E-state index >= 15 is 0 Å². The van der Waals surface area contributed by atoms with Crippen LogP contribution in [-0.2, 0) is 0 Å². The monoisotopic (exact) mass is 247 g/mol. The van der Waals surface area contributed by atoms with Gasteiger partial charge in [-0.15, -0.1) is 0 Å². The van der Waals surface area contributed by atoms with Crippen molar-refractivity contribution in [1.82, 2.24) is 4.90 Å². The van der Waals surface area contributed by atoms with Crippen molar-refractivity contribution < 1.29 is 0 Å². The summed E-state index contributed by atoms with van der Waals surface area (Å²) < 4.78 is 0. The molecule has 3 nitrogen and oxygen atoms in total. The third-order valence-electron chi connectivity index (χ3n) is 6.04. The van der Waals surface area contributed by atoms with E-state index in [1.165, 1.54) is 25.7 Å². The van der Waals surface area contributed by atoms with Crippen LogP contribution in [0.3, 0.4) is 0 Å². The van der Waals surface area contributed by atoms with Crippen LogP contribution in [0, 0.1) is 23.2 Å². The van der Waals surface area contributed by atoms with Crippen LogP contribution in [0.15, 0.2) is 4.99 Å². The molecule has 4 fully saturated rings. The van der Waals surface area contributed by atoms with E-state index in [1.54, 1.807) is 19.3 Å². The Labute approximate surface area is 110 Å². The lowest BCUT2D eigenvalue weighted by Crippen LogP contribution is -2.47. The number of guanidine groups is 1. The second-order valence-corrected chi connectivity index (χ2v) is 7.39. The molecule has 0 atom stereocenters. The normalized spacial score (nSPS) is 45.7. The van der Waals surface area contributed by atoms with E-state index < -0.39 is 0 Å². The maximum atomic E-state index is 5.93. The zero-order valence-electron chi connectivity index (χ0n) is 11.3. The highest BCUT2D eigenvalue weighted by Gasteiger charge is 2.50. The first-order valence-electron chi connectivity index (χ1n) is 7.77. The van der Waals surface area contributed by atoms with E-state index in [1.807, 2.05) is 0 Å². The second-order valence-electron chi connectivity index (χ2n) is 7.39. The largest absolute Gasteiger partial charge is 0.370 e. The van der Waals surface area contributed by atoms with Gasteiger partial charge in [0.25, 0.3) is 0 Å². The molecule has 1 heterocycles. The second kappa shape index (κ2) is 3.88. The number of hydrogen-bond donors (Lipinski definition) is 1. The Kier molecular flexibility index (Phi) is 2.40. The molecule has 0 saturated heterocycles. The van der Waals surface area contributed by atoms with Crippen molar-refractivity contribution in [2.24, 2.45) is 33.9 Å². The number of rotatable bonds is 3. The van der Waals surface area contributed by atoms with E-state index in [-0.39, 0.29) is 0 Å². The molecule has 4 bridgehead atoms. The Morgan fingerprint density at radius 3 is 2.22 bits per heavy atom. The van der Waals surface area contributed by atoms with Crippen LogP contribution < -0.4 is 5.73 Å². The predicted octanol–water partition coefficient (Wildman–Crippen LogP) is 2.22. The summed E-state index contributed by atoms with van der Waals surface area (Å²) in [4.78, 5) is 6.61. The number of nitrogens with two attached hydrogens (primary N) is 1. The molecule has 3 heteroatoms. The minimum absolute atomic E-state index is 0.692. The van der Waals surface area contributed by atoms with Crippen molar-refractivity contribution in [3.63, 3.8) is 0 Å². The van der Waals surface area contributed by atoms with Crippen LogP contribution in [0.25, 0.3) is 0 Å². The number of aliphatic imine (C=N–C) groups is 1. The first kappa shape index (κ1) is 11.1. The van der Waals surface area contributed by atoms with Crippen LogP contribution in [0.1, 0.15) is 44.9 Å². The minimum atomic E-state index is 0.692. The van der Waals surface area contributed by atoms with Gasteiger partial charge in [0.2, 0.25) is 0 Å². The third-order valence-corrected chi connectivity index (χ3v) is 6.04. The smallest absolute Gasteiger partial charge is 0.191 e. The van der Waals surface area contributed by atoms with Gasteiger partial charge in [0, 0.05) is 13.1 Å². The first-order valence-corrected chi connectivity index (χ1v) is 7.77. The molecule has 4 aliphatic carbocycles. The van der Waals surface area contributed by atoms with Crippen molar-refractivity contribution in [1.29, 1.82) is 0 Å². The van der Waals surface area contributed by atoms with E-state index in [0.717, 1.165) is 43.3 Å². The summed E-state index contributed by atoms with van der Waals surface area (Å²) in [6, 6.07) is 0. The molecule has 100 valence electrons. The Hall–Kier alpha value is -0.730. The molecule has 18 heavy (non-hydrogen) atoms. The van der Waals surface area contributed by atoms with E-state index in [4.69, 9.17) is 5.73 Å². The number of nitrogens with zero attached hydrogens (tertiary/aromatic N) is 2. The molecule has 2 N–H and O–H groups in total. The van der Waals surface area contributed by atoms with Gasteiger partial charge >= 0.3 is 0 Å². The van der Waals surface area contributed by atoms with Crippen LogP contribution in [0.2, 0.25) is 0 Å². The molecule has 5 rings (SSSR count). The molecule has 0 radical (unpaired) electrons. The lowest BCUT2D eigenvalue weighted by molar-refractivity contribution is -0.0589. The Balaban J connectivity index is 1.43. The standard InChI is InChI=1S/C15H25N3/c16-14-17-2-4-18(14)3-1-15-8-11-5-12(9-15)7-13(6-11)10-15/h11-13H,1-10H2,(H2,16,17). The van der Waals surface area contributed by atoms with Crippen molar-refractivity contribution >= 4 is 5.96 Å². The van der Waals surface area contributed by atoms with Crippen LogP contribution in [-0.4, -0.2) is 30.5 Å². The fraction of sp³-hybridized carbons (Fsp3) is 0.933. The summed E-state index contributed by atoms with van der Waals surface area (Å²) in [5.41, 5.74) is 6.62. The average Bonchev–Trinajstić information content (AvgIpc) is 2.70. The van der Waals surface area contributed by atoms with Gasteiger partial charge in [-0.25, -0.2) is 0 Å². The minimum Gasteiger partial charge on any atom is -0.370 e. The van der Waals surface area contributed by atoms with Gasteiger partial charge < -0.3 is 10.6 Å². The van der Waals surface area contributed by atoms with E-state index in [9.17, 15) is 0 Å². The summed E-state index contributed by atoms with van der Waals surface area (Å²) in [6.07, 6.45) is 10.6. The summed E-state index contributed by atoms with van der Waals surface area (Å²) in [5.74, 6) is 4.00. The van der Waals surface area contributed by atoms with Crippen LogP contribution in [0.5, 0.6) is 0 Å². The van der Waals surface area contributed by atoms with Crippen molar-refractivity contribution in [3.8, 4) is 0 Å². The molecule has 0 unspecified atom stereocenters. The third kappa shape index (κ3) is 1.74. The molecule has 0 amide bonds. The fourth-order valence-corrected chi connectivity index (χ4v) is 5.69. The van der Waals surface area contributed by atoms with Gasteiger partial charge in [0.15, 0.2) is 5.96 Å². The molecule has 0 aromatic carbocycles. The molecule has 4 saturated carbocycles. The lowest BCUT2D eigenvalue weighted by Gasteiger charge is -2.57. The Bertz CT molecular complexity index is 339. The number of hydrogen-bond acceptors (Lipinski definition) is 3. The van der Waals surface area contributed by atoms with Gasteiger partial charge in [-0.2, -0.15) is 0 Å². The van der Waals surface area contributed by atoms with E-state index in [0.29, 0.717) is 5.41 Å². The van der Waals surface area contributed by atoms with Crippen molar-refractivity contribution in [2.45, 2.75) is 44.9 Å². The lowest BCUT2D eigenvalue weighted by atomic mass is 9.49. The Morgan fingerprint density at radius 1 is 1.11 bits per heavy atom. The highest BCUT2D eigenvalue weighted by atomic mass is 15.3. The molecule has 0 aromatic rings. The van der Waals surface area contributed by atoms with Crippen LogP contribution in [0.4, 0.5) is 0 Å². The predicted molar refractivity (Wildman–Crippen MR) is 73.3 cm³/mol. The van der Waals surface area contributed by atoms with Crippen molar-refractivity contribution in [3.05, 3.63) is 0 Å². The van der Waals surface area contributed by atoms with Gasteiger partial charge in [0.1, 0.15) is 0 Å². The SMILES string of the molecule is NC1=NCCN1CCC12CC3CC(CC(C3)C1)C2. The Morgan fingerprint density at radius 2 is 1.72 bits per heavy atom. The quantitative estimate of drug-likeness (QED) is 0.831. The average molecular weight is 247 g/mol. The molecule has 0 aromatic heterocycles. The summed E-state index contributed by atoms with van der Waals surface area (Å²) in [7, 11) is 0. The highest BCUT2D eigenvalue weighted by molar-refractivity contribution is 5.79. The van der Waals surface area contributed by atoms with Gasteiger partial charge in [-0.3, -0.25) is 4.99 Å². The van der Waals surface area contributed by atoms with Gasteiger partial charge in [-0.1, -0.05) is 0 Å². The highest BCUT2D eigenvalue weighted by Crippen LogP contribution is 2.61. The molecular formula is C15H25N3. The zero-order chi connectivity index (χ0) is 12.2. The molecule has 1 aliphatic heterocycles. The summed E-state index contributed by atoms with van der Waals surface area (Å²) in [6.45, 7) is 3.12. The topological polar surface area (TPSA) is 41.6 Å². The van der Waals surface area contributed by atoms with E-state index in [2.05, 4.69) is 9.89 Å². The maximum absolute atomic E-state index is 5.93. The fourth-order valence-electron chi connectivity index (χ4n) is 5.69. The molecule has 0 spiro atoms. The molecule has 5 aliphatic rings. The van der Waals surface area contributed by atoms with Gasteiger partial charge in [0.05, 0.1) is 6.54 Å². The van der Waals surface area contributed by atoms with Gasteiger partial charge in [-0.05, 0) is 68.1 Å². The zero-order valence-corrected chi connectivity index (χ0v) is 11.3. The maximum Gasteiger partial charge on any atom is 0.191 e. The summed E-state index contributed by atoms with van der Waals surface area (Å²) >= 11 is 0. The first-order chi connectivity index (χ1) is 8.72. The van der Waals surface area contributed by atoms with Crippen LogP contribution >= 0.6 is 0 Å².